The van der Waals surface area contributed by atoms with Crippen LogP contribution < -0.4 is 15.4 Å². The van der Waals surface area contributed by atoms with Gasteiger partial charge in [0, 0.05) is 45.3 Å². The zero-order valence-corrected chi connectivity index (χ0v) is 14.1. The van der Waals surface area contributed by atoms with Gasteiger partial charge in [-0.25, -0.2) is 4.39 Å². The van der Waals surface area contributed by atoms with E-state index in [4.69, 9.17) is 4.74 Å². The number of hydrogen-bond donors (Lipinski definition) is 2. The summed E-state index contributed by atoms with van der Waals surface area (Å²) in [5.74, 6) is -0.347. The average Bonchev–Trinajstić information content (AvgIpc) is 2.60. The fraction of sp³-hybridized carbons (Fsp3) is 0.562. The zero-order chi connectivity index (χ0) is 18.1. The molecule has 0 bridgehead atoms. The van der Waals surface area contributed by atoms with E-state index in [0.717, 1.165) is 32.8 Å². The van der Waals surface area contributed by atoms with Gasteiger partial charge in [0.25, 0.3) is 0 Å². The molecule has 1 aliphatic heterocycles. The number of halogens is 3. The summed E-state index contributed by atoms with van der Waals surface area (Å²) >= 11 is 0. The van der Waals surface area contributed by atoms with Crippen LogP contribution in [0.4, 0.5) is 13.2 Å². The predicted molar refractivity (Wildman–Crippen MR) is 88.5 cm³/mol. The third-order valence-electron chi connectivity index (χ3n) is 3.77. The van der Waals surface area contributed by atoms with Crippen molar-refractivity contribution in [1.29, 1.82) is 0 Å². The van der Waals surface area contributed by atoms with Crippen molar-refractivity contribution in [2.45, 2.75) is 13.2 Å². The van der Waals surface area contributed by atoms with Crippen molar-refractivity contribution in [2.24, 2.45) is 4.99 Å². The minimum Gasteiger partial charge on any atom is -0.434 e. The summed E-state index contributed by atoms with van der Waals surface area (Å²) in [6, 6.07) is 3.83. The molecule has 2 N–H and O–H groups in total. The Morgan fingerprint density at radius 2 is 2.08 bits per heavy atom. The van der Waals surface area contributed by atoms with Gasteiger partial charge in [-0.05, 0) is 12.1 Å². The highest BCUT2D eigenvalue weighted by atomic mass is 19.3. The Balaban J connectivity index is 1.84. The Bertz CT molecular complexity index is 566. The summed E-state index contributed by atoms with van der Waals surface area (Å²) in [5, 5.41) is 6.02. The molecule has 9 heteroatoms. The lowest BCUT2D eigenvalue weighted by Crippen LogP contribution is -2.44. The van der Waals surface area contributed by atoms with Gasteiger partial charge in [-0.15, -0.1) is 0 Å². The summed E-state index contributed by atoms with van der Waals surface area (Å²) in [5.41, 5.74) is 0.0268. The molecule has 6 nitrogen and oxygen atoms in total. The van der Waals surface area contributed by atoms with Crippen LogP contribution in [0.3, 0.4) is 0 Å². The van der Waals surface area contributed by atoms with Gasteiger partial charge >= 0.3 is 6.61 Å². The highest BCUT2D eigenvalue weighted by Crippen LogP contribution is 2.23. The Morgan fingerprint density at radius 3 is 2.76 bits per heavy atom. The maximum absolute atomic E-state index is 13.9. The normalized spacial score (nSPS) is 16.1. The summed E-state index contributed by atoms with van der Waals surface area (Å²) in [6.07, 6.45) is 0. The number of nitrogens with zero attached hydrogens (tertiary/aromatic N) is 2. The van der Waals surface area contributed by atoms with E-state index in [2.05, 4.69) is 25.3 Å². The molecule has 1 saturated heterocycles. The fourth-order valence-electron chi connectivity index (χ4n) is 2.47. The van der Waals surface area contributed by atoms with Crippen LogP contribution in [-0.2, 0) is 11.3 Å². The van der Waals surface area contributed by atoms with E-state index < -0.39 is 12.4 Å². The number of benzene rings is 1. The molecular weight excluding hydrogens is 337 g/mol. The highest BCUT2D eigenvalue weighted by Gasteiger charge is 2.14. The summed E-state index contributed by atoms with van der Waals surface area (Å²) < 4.78 is 48.4. The average molecular weight is 360 g/mol. The van der Waals surface area contributed by atoms with Crippen LogP contribution in [0.25, 0.3) is 0 Å². The van der Waals surface area contributed by atoms with E-state index in [1.807, 2.05) is 0 Å². The Labute approximate surface area is 145 Å². The van der Waals surface area contributed by atoms with Gasteiger partial charge in [0.2, 0.25) is 0 Å². The molecule has 0 spiro atoms. The van der Waals surface area contributed by atoms with Gasteiger partial charge in [0.15, 0.2) is 5.96 Å². The van der Waals surface area contributed by atoms with E-state index in [-0.39, 0.29) is 17.9 Å². The highest BCUT2D eigenvalue weighted by molar-refractivity contribution is 5.79. The standard InChI is InChI=1S/C16H23F3N4O2/c1-20-16(21-5-6-23-7-9-24-10-8-23)22-11-12-13(17)3-2-4-14(12)25-15(18)19/h2-4,15H,5-11H2,1H3,(H2,20,21,22). The molecule has 1 heterocycles. The number of morpholine rings is 1. The molecule has 0 amide bonds. The molecular formula is C16H23F3N4O2. The van der Waals surface area contributed by atoms with E-state index in [1.165, 1.54) is 18.2 Å². The molecule has 0 aromatic heterocycles. The van der Waals surface area contributed by atoms with Crippen LogP contribution in [0.1, 0.15) is 5.56 Å². The van der Waals surface area contributed by atoms with Crippen LogP contribution in [0, 0.1) is 5.82 Å². The van der Waals surface area contributed by atoms with E-state index in [9.17, 15) is 13.2 Å². The molecule has 1 aromatic carbocycles. The van der Waals surface area contributed by atoms with Crippen molar-refractivity contribution >= 4 is 5.96 Å². The monoisotopic (exact) mass is 360 g/mol. The molecule has 1 fully saturated rings. The van der Waals surface area contributed by atoms with Gasteiger partial charge in [-0.1, -0.05) is 6.07 Å². The number of hydrogen-bond acceptors (Lipinski definition) is 4. The number of aliphatic imine (C=N–C) groups is 1. The molecule has 0 radical (unpaired) electrons. The van der Waals surface area contributed by atoms with E-state index >= 15 is 0 Å². The number of rotatable bonds is 7. The number of nitrogens with one attached hydrogen (secondary N) is 2. The van der Waals surface area contributed by atoms with Crippen molar-refractivity contribution in [2.75, 3.05) is 46.4 Å². The smallest absolute Gasteiger partial charge is 0.387 e. The lowest BCUT2D eigenvalue weighted by Gasteiger charge is -2.26. The summed E-state index contributed by atoms with van der Waals surface area (Å²) in [4.78, 5) is 6.30. The summed E-state index contributed by atoms with van der Waals surface area (Å²) in [7, 11) is 1.59. The SMILES string of the molecule is CN=C(NCCN1CCOCC1)NCc1c(F)cccc1OC(F)F. The van der Waals surface area contributed by atoms with Crippen LogP contribution in [0.15, 0.2) is 23.2 Å². The zero-order valence-electron chi connectivity index (χ0n) is 14.1. The van der Waals surface area contributed by atoms with Gasteiger partial charge in [-0.3, -0.25) is 9.89 Å². The van der Waals surface area contributed by atoms with Crippen LogP contribution in [0.2, 0.25) is 0 Å². The lowest BCUT2D eigenvalue weighted by molar-refractivity contribution is -0.0506. The molecule has 0 atom stereocenters. The number of alkyl halides is 2. The third-order valence-corrected chi connectivity index (χ3v) is 3.77. The minimum atomic E-state index is -3.01. The van der Waals surface area contributed by atoms with Crippen LogP contribution in [-0.4, -0.2) is 63.9 Å². The predicted octanol–water partition coefficient (Wildman–Crippen LogP) is 1.42. The number of ether oxygens (including phenoxy) is 2. The lowest BCUT2D eigenvalue weighted by atomic mass is 10.2. The summed E-state index contributed by atoms with van der Waals surface area (Å²) in [6.45, 7) is 1.67. The molecule has 140 valence electrons. The maximum Gasteiger partial charge on any atom is 0.387 e. The molecule has 2 rings (SSSR count). The maximum atomic E-state index is 13.9. The first kappa shape index (κ1) is 19.3. The van der Waals surface area contributed by atoms with Crippen molar-refractivity contribution in [3.63, 3.8) is 0 Å². The van der Waals surface area contributed by atoms with Gasteiger partial charge in [0.1, 0.15) is 11.6 Å². The molecule has 1 aliphatic rings. The molecule has 0 aliphatic carbocycles. The first-order chi connectivity index (χ1) is 12.1. The Hall–Kier alpha value is -2.00. The quantitative estimate of drug-likeness (QED) is 0.569. The number of guanidine groups is 1. The Morgan fingerprint density at radius 1 is 1.32 bits per heavy atom. The first-order valence-electron chi connectivity index (χ1n) is 8.07. The van der Waals surface area contributed by atoms with Crippen molar-refractivity contribution < 1.29 is 22.6 Å². The van der Waals surface area contributed by atoms with E-state index in [0.29, 0.717) is 12.5 Å². The minimum absolute atomic E-state index is 0.0219. The van der Waals surface area contributed by atoms with Crippen LogP contribution in [0.5, 0.6) is 5.75 Å². The van der Waals surface area contributed by atoms with E-state index in [1.54, 1.807) is 7.05 Å². The second kappa shape index (κ2) is 10.1. The molecule has 25 heavy (non-hydrogen) atoms. The fourth-order valence-corrected chi connectivity index (χ4v) is 2.47. The van der Waals surface area contributed by atoms with Crippen molar-refractivity contribution in [3.05, 3.63) is 29.6 Å². The second-order valence-electron chi connectivity index (χ2n) is 5.40. The van der Waals surface area contributed by atoms with Gasteiger partial charge in [0.05, 0.1) is 13.2 Å². The van der Waals surface area contributed by atoms with Crippen LogP contribution >= 0.6 is 0 Å². The largest absolute Gasteiger partial charge is 0.434 e. The molecule has 0 saturated carbocycles. The molecule has 1 aromatic rings. The van der Waals surface area contributed by atoms with Gasteiger partial charge < -0.3 is 20.1 Å². The second-order valence-corrected chi connectivity index (χ2v) is 5.40. The van der Waals surface area contributed by atoms with Crippen molar-refractivity contribution in [1.82, 2.24) is 15.5 Å². The van der Waals surface area contributed by atoms with Crippen molar-refractivity contribution in [3.8, 4) is 5.75 Å². The van der Waals surface area contributed by atoms with Gasteiger partial charge in [-0.2, -0.15) is 8.78 Å². The first-order valence-corrected chi connectivity index (χ1v) is 8.07. The molecule has 0 unspecified atom stereocenters. The third kappa shape index (κ3) is 6.43. The topological polar surface area (TPSA) is 58.1 Å². The Kier molecular flexibility index (Phi) is 7.80.